The summed E-state index contributed by atoms with van der Waals surface area (Å²) in [5, 5.41) is 11.8. The van der Waals surface area contributed by atoms with E-state index in [0.717, 1.165) is 17.0 Å². The van der Waals surface area contributed by atoms with Crippen molar-refractivity contribution < 1.29 is 23.5 Å². The van der Waals surface area contributed by atoms with Gasteiger partial charge in [0.05, 0.1) is 10.7 Å². The van der Waals surface area contributed by atoms with E-state index < -0.39 is 35.9 Å². The molecule has 11 heteroatoms. The number of aromatic nitrogens is 1. The Morgan fingerprint density at radius 3 is 2.42 bits per heavy atom. The lowest BCUT2D eigenvalue weighted by Crippen LogP contribution is -2.41. The summed E-state index contributed by atoms with van der Waals surface area (Å²) in [6.45, 7) is 1.32. The quantitative estimate of drug-likeness (QED) is 0.461. The lowest BCUT2D eigenvalue weighted by Gasteiger charge is -2.28. The summed E-state index contributed by atoms with van der Waals surface area (Å²) in [7, 11) is 0. The second kappa shape index (κ2) is 8.84. The maximum Gasteiger partial charge on any atom is 0.334 e. The minimum Gasteiger partial charge on any atom is -0.480 e. The van der Waals surface area contributed by atoms with Crippen LogP contribution in [0.15, 0.2) is 42.6 Å². The van der Waals surface area contributed by atoms with Crippen LogP contribution in [-0.4, -0.2) is 35.2 Å². The number of halogens is 4. The molecule has 2 heterocycles. The van der Waals surface area contributed by atoms with Crippen LogP contribution in [0.1, 0.15) is 6.92 Å². The summed E-state index contributed by atoms with van der Waals surface area (Å²) < 4.78 is 30.5. The lowest BCUT2D eigenvalue weighted by atomic mass is 10.0. The van der Waals surface area contributed by atoms with Gasteiger partial charge in [-0.15, -0.1) is 0 Å². The zero-order valence-corrected chi connectivity index (χ0v) is 18.6. The van der Waals surface area contributed by atoms with Crippen LogP contribution in [0.2, 0.25) is 10.0 Å². The summed E-state index contributed by atoms with van der Waals surface area (Å²) >= 11 is 12.3. The number of hydrogen-bond acceptors (Lipinski definition) is 4. The van der Waals surface area contributed by atoms with Gasteiger partial charge in [0.1, 0.15) is 18.1 Å². The molecule has 0 unspecified atom stereocenters. The average molecular weight is 493 g/mol. The van der Waals surface area contributed by atoms with Gasteiger partial charge < -0.3 is 10.4 Å². The van der Waals surface area contributed by atoms with Crippen LogP contribution < -0.4 is 15.1 Å². The van der Waals surface area contributed by atoms with Gasteiger partial charge in [-0.2, -0.15) is 0 Å². The molecule has 0 bridgehead atoms. The maximum atomic E-state index is 15.2. The molecule has 0 spiro atoms. The number of benzene rings is 2. The van der Waals surface area contributed by atoms with Gasteiger partial charge in [0.25, 0.3) is 0 Å². The molecule has 4 rings (SSSR count). The Labute approximate surface area is 197 Å². The fourth-order valence-corrected chi connectivity index (χ4v) is 3.96. The van der Waals surface area contributed by atoms with Gasteiger partial charge in [-0.25, -0.2) is 18.6 Å². The number of nitrogens with one attached hydrogen (secondary N) is 1. The molecule has 0 atom stereocenters. The van der Waals surface area contributed by atoms with Crippen LogP contribution in [0.25, 0.3) is 11.1 Å². The molecule has 33 heavy (non-hydrogen) atoms. The van der Waals surface area contributed by atoms with Crippen molar-refractivity contribution in [1.82, 2.24) is 4.98 Å². The van der Waals surface area contributed by atoms with E-state index in [9.17, 15) is 9.59 Å². The monoisotopic (exact) mass is 492 g/mol. The third-order valence-electron chi connectivity index (χ3n) is 5.00. The van der Waals surface area contributed by atoms with Crippen molar-refractivity contribution in [2.75, 3.05) is 28.2 Å². The standard InChI is InChI=1S/C22H16Cl2F2N4O3/c1-2-29-21-15(5-12(24)9-28-21)14-4-3-11(23)6-18(14)30(22(29)33)20-16(25)7-13(8-17(20)26)27-10-19(31)32/h3-9,27H,2,10H2,1H3,(H,31,32). The van der Waals surface area contributed by atoms with E-state index in [2.05, 4.69) is 10.3 Å². The second-order valence-electron chi connectivity index (χ2n) is 7.08. The second-order valence-corrected chi connectivity index (χ2v) is 7.96. The smallest absolute Gasteiger partial charge is 0.334 e. The van der Waals surface area contributed by atoms with Gasteiger partial charge in [-0.3, -0.25) is 14.6 Å². The van der Waals surface area contributed by atoms with Gasteiger partial charge in [0.2, 0.25) is 0 Å². The number of nitrogens with zero attached hydrogens (tertiary/aromatic N) is 3. The Balaban J connectivity index is 1.96. The Bertz CT molecular complexity index is 1270. The third-order valence-corrected chi connectivity index (χ3v) is 5.44. The van der Waals surface area contributed by atoms with Crippen molar-refractivity contribution in [3.05, 3.63) is 64.3 Å². The predicted octanol–water partition coefficient (Wildman–Crippen LogP) is 5.93. The average Bonchev–Trinajstić information content (AvgIpc) is 2.84. The van der Waals surface area contributed by atoms with Crippen molar-refractivity contribution in [2.45, 2.75) is 6.92 Å². The molecular formula is C22H16Cl2F2N4O3. The molecular weight excluding hydrogens is 477 g/mol. The molecule has 1 aliphatic heterocycles. The number of pyridine rings is 1. The highest BCUT2D eigenvalue weighted by Gasteiger charge is 2.36. The van der Waals surface area contributed by atoms with Gasteiger partial charge in [-0.05, 0) is 37.3 Å². The Morgan fingerprint density at radius 1 is 1.09 bits per heavy atom. The number of carboxylic acids is 1. The minimum absolute atomic E-state index is 0.0891. The first-order valence-electron chi connectivity index (χ1n) is 9.73. The number of carbonyl (C=O) groups is 2. The van der Waals surface area contributed by atoms with Gasteiger partial charge in [-0.1, -0.05) is 29.3 Å². The number of rotatable bonds is 5. The molecule has 0 radical (unpaired) electrons. The highest BCUT2D eigenvalue weighted by Crippen LogP contribution is 2.46. The molecule has 0 saturated carbocycles. The van der Waals surface area contributed by atoms with Crippen LogP contribution >= 0.6 is 23.2 Å². The third kappa shape index (κ3) is 4.17. The number of anilines is 4. The molecule has 0 aliphatic carbocycles. The van der Waals surface area contributed by atoms with Crippen molar-refractivity contribution in [2.24, 2.45) is 0 Å². The lowest BCUT2D eigenvalue weighted by molar-refractivity contribution is -0.134. The molecule has 2 amide bonds. The van der Waals surface area contributed by atoms with Gasteiger partial charge in [0, 0.05) is 34.6 Å². The summed E-state index contributed by atoms with van der Waals surface area (Å²) in [4.78, 5) is 30.8. The van der Waals surface area contributed by atoms with E-state index in [1.54, 1.807) is 25.1 Å². The minimum atomic E-state index is -1.20. The highest BCUT2D eigenvalue weighted by molar-refractivity contribution is 6.32. The molecule has 7 nitrogen and oxygen atoms in total. The van der Waals surface area contributed by atoms with E-state index in [1.165, 1.54) is 17.2 Å². The number of fused-ring (bicyclic) bond motifs is 3. The Hall–Kier alpha value is -3.43. The molecule has 2 N–H and O–H groups in total. The topological polar surface area (TPSA) is 85.8 Å². The van der Waals surface area contributed by atoms with Crippen LogP contribution in [0, 0.1) is 11.6 Å². The number of carbonyl (C=O) groups excluding carboxylic acids is 1. The molecule has 1 aliphatic rings. The largest absolute Gasteiger partial charge is 0.480 e. The predicted molar refractivity (Wildman–Crippen MR) is 123 cm³/mol. The van der Waals surface area contributed by atoms with Crippen molar-refractivity contribution in [3.8, 4) is 11.1 Å². The first kappa shape index (κ1) is 22.8. The first-order chi connectivity index (χ1) is 15.7. The van der Waals surface area contributed by atoms with Gasteiger partial charge >= 0.3 is 12.0 Å². The number of urea groups is 1. The number of amides is 2. The van der Waals surface area contributed by atoms with Crippen molar-refractivity contribution in [3.63, 3.8) is 0 Å². The van der Waals surface area contributed by atoms with Crippen LogP contribution in [0.3, 0.4) is 0 Å². The fourth-order valence-electron chi connectivity index (χ4n) is 3.64. The highest BCUT2D eigenvalue weighted by atomic mass is 35.5. The summed E-state index contributed by atoms with van der Waals surface area (Å²) in [6.07, 6.45) is 1.38. The molecule has 0 saturated heterocycles. The fraction of sp³-hybridized carbons (Fsp3) is 0.136. The number of hydrogen-bond donors (Lipinski definition) is 2. The molecule has 1 aromatic heterocycles. The van der Waals surface area contributed by atoms with E-state index in [0.29, 0.717) is 16.1 Å². The van der Waals surface area contributed by atoms with E-state index in [4.69, 9.17) is 28.3 Å². The number of carboxylic acid groups (broad SMARTS) is 1. The van der Waals surface area contributed by atoms with Crippen molar-refractivity contribution >= 4 is 58.1 Å². The van der Waals surface area contributed by atoms with E-state index in [-0.39, 0.29) is 28.8 Å². The molecule has 170 valence electrons. The summed E-state index contributed by atoms with van der Waals surface area (Å²) in [5.74, 6) is -3.07. The zero-order chi connectivity index (χ0) is 23.9. The maximum absolute atomic E-state index is 15.2. The molecule has 3 aromatic rings. The van der Waals surface area contributed by atoms with Gasteiger partial charge in [0.15, 0.2) is 11.6 Å². The number of aliphatic carboxylic acids is 1. The SMILES string of the molecule is CCN1C(=O)N(c2c(F)cc(NCC(=O)O)cc2F)c2cc(Cl)ccc2-c2cc(Cl)cnc21. The first-order valence-corrected chi connectivity index (χ1v) is 10.5. The Kier molecular flexibility index (Phi) is 6.09. The summed E-state index contributed by atoms with van der Waals surface area (Å²) in [6, 6.07) is 7.33. The normalized spacial score (nSPS) is 12.8. The van der Waals surface area contributed by atoms with E-state index in [1.807, 2.05) is 0 Å². The van der Waals surface area contributed by atoms with E-state index >= 15 is 8.78 Å². The molecule has 0 fully saturated rings. The van der Waals surface area contributed by atoms with Crippen LogP contribution in [0.4, 0.5) is 36.5 Å². The Morgan fingerprint density at radius 2 is 1.79 bits per heavy atom. The van der Waals surface area contributed by atoms with Crippen LogP contribution in [0.5, 0.6) is 0 Å². The van der Waals surface area contributed by atoms with Crippen molar-refractivity contribution in [1.29, 1.82) is 0 Å². The summed E-state index contributed by atoms with van der Waals surface area (Å²) in [5.41, 5.74) is 0.349. The zero-order valence-electron chi connectivity index (χ0n) is 17.1. The van der Waals surface area contributed by atoms with Crippen LogP contribution in [-0.2, 0) is 4.79 Å². The molecule has 2 aromatic carbocycles.